The van der Waals surface area contributed by atoms with Crippen molar-refractivity contribution in [1.29, 1.82) is 0 Å². The molecule has 0 aromatic carbocycles. The van der Waals surface area contributed by atoms with Crippen molar-refractivity contribution < 1.29 is 14.3 Å². The highest BCUT2D eigenvalue weighted by Crippen LogP contribution is 1.96. The standard InChI is InChI=1S/C9H12O3/c10-9-11-7-5-3-1-2-4-6-8-12-9/h3-6H,1-2,7-8H2. The minimum Gasteiger partial charge on any atom is -0.430 e. The van der Waals surface area contributed by atoms with Crippen LogP contribution in [0.1, 0.15) is 12.8 Å². The summed E-state index contributed by atoms with van der Waals surface area (Å²) in [6.45, 7) is 0.609. The summed E-state index contributed by atoms with van der Waals surface area (Å²) >= 11 is 0. The highest BCUT2D eigenvalue weighted by molar-refractivity contribution is 5.60. The highest BCUT2D eigenvalue weighted by Gasteiger charge is 1.99. The third kappa shape index (κ3) is 3.81. The Labute approximate surface area is 71.7 Å². The van der Waals surface area contributed by atoms with Gasteiger partial charge in [0.25, 0.3) is 0 Å². The van der Waals surface area contributed by atoms with E-state index in [1.54, 1.807) is 0 Å². The molecule has 0 radical (unpaired) electrons. The van der Waals surface area contributed by atoms with E-state index in [2.05, 4.69) is 0 Å². The molecule has 1 heterocycles. The van der Waals surface area contributed by atoms with Gasteiger partial charge in [0.1, 0.15) is 13.2 Å². The van der Waals surface area contributed by atoms with Crippen LogP contribution in [-0.4, -0.2) is 19.4 Å². The van der Waals surface area contributed by atoms with Gasteiger partial charge in [-0.05, 0) is 12.8 Å². The number of carbonyl (C=O) groups excluding carboxylic acids is 1. The fourth-order valence-corrected chi connectivity index (χ4v) is 0.838. The number of allylic oxidation sites excluding steroid dienone is 2. The maximum absolute atomic E-state index is 10.7. The second-order valence-electron chi connectivity index (χ2n) is 2.39. The molecular formula is C9H12O3. The van der Waals surface area contributed by atoms with E-state index in [1.165, 1.54) is 0 Å². The molecular weight excluding hydrogens is 156 g/mol. The van der Waals surface area contributed by atoms with Crippen LogP contribution in [0.4, 0.5) is 4.79 Å². The van der Waals surface area contributed by atoms with Crippen molar-refractivity contribution in [1.82, 2.24) is 0 Å². The van der Waals surface area contributed by atoms with Crippen LogP contribution in [0, 0.1) is 0 Å². The molecule has 0 spiro atoms. The Bertz CT molecular complexity index is 174. The predicted octanol–water partition coefficient (Wildman–Crippen LogP) is 2.05. The molecule has 0 atom stereocenters. The molecule has 0 unspecified atom stereocenters. The first-order valence-corrected chi connectivity index (χ1v) is 3.99. The van der Waals surface area contributed by atoms with Crippen LogP contribution in [0.15, 0.2) is 24.3 Å². The monoisotopic (exact) mass is 168 g/mol. The van der Waals surface area contributed by atoms with Gasteiger partial charge in [-0.25, -0.2) is 4.79 Å². The van der Waals surface area contributed by atoms with Crippen LogP contribution in [0.5, 0.6) is 0 Å². The summed E-state index contributed by atoms with van der Waals surface area (Å²) in [5, 5.41) is 0. The molecule has 3 heteroatoms. The number of carbonyl (C=O) groups is 1. The second-order valence-corrected chi connectivity index (χ2v) is 2.39. The fourth-order valence-electron chi connectivity index (χ4n) is 0.838. The lowest BCUT2D eigenvalue weighted by Gasteiger charge is -2.00. The van der Waals surface area contributed by atoms with Crippen molar-refractivity contribution in [2.75, 3.05) is 13.2 Å². The Kier molecular flexibility index (Phi) is 3.98. The van der Waals surface area contributed by atoms with E-state index in [9.17, 15) is 4.79 Å². The molecule has 1 aliphatic heterocycles. The average molecular weight is 168 g/mol. The molecule has 0 fully saturated rings. The van der Waals surface area contributed by atoms with Crippen molar-refractivity contribution in [2.45, 2.75) is 12.8 Å². The lowest BCUT2D eigenvalue weighted by molar-refractivity contribution is 0.0717. The first-order chi connectivity index (χ1) is 5.89. The number of cyclic esters (lactones) is 2. The van der Waals surface area contributed by atoms with E-state index in [1.807, 2.05) is 24.3 Å². The van der Waals surface area contributed by atoms with Gasteiger partial charge in [-0.2, -0.15) is 0 Å². The summed E-state index contributed by atoms with van der Waals surface area (Å²) in [6, 6.07) is 0. The zero-order valence-corrected chi connectivity index (χ0v) is 6.86. The molecule has 0 aromatic heterocycles. The normalized spacial score (nSPS) is 19.2. The quantitative estimate of drug-likeness (QED) is 0.410. The SMILES string of the molecule is O=C1OCC=CCCC=CCO1. The van der Waals surface area contributed by atoms with Crippen LogP contribution in [0.25, 0.3) is 0 Å². The highest BCUT2D eigenvalue weighted by atomic mass is 16.7. The van der Waals surface area contributed by atoms with Gasteiger partial charge in [-0.3, -0.25) is 0 Å². The van der Waals surface area contributed by atoms with Crippen molar-refractivity contribution in [3.8, 4) is 0 Å². The van der Waals surface area contributed by atoms with Gasteiger partial charge in [-0.1, -0.05) is 24.3 Å². The minimum atomic E-state index is -0.605. The fraction of sp³-hybridized carbons (Fsp3) is 0.444. The Hall–Kier alpha value is -1.25. The molecule has 0 amide bonds. The lowest BCUT2D eigenvalue weighted by Crippen LogP contribution is -2.06. The van der Waals surface area contributed by atoms with Gasteiger partial charge < -0.3 is 9.47 Å². The summed E-state index contributed by atoms with van der Waals surface area (Å²) in [6.07, 6.45) is 8.97. The Morgan fingerprint density at radius 1 is 0.917 bits per heavy atom. The average Bonchev–Trinajstić information content (AvgIpc) is 2.11. The Morgan fingerprint density at radius 3 is 1.92 bits per heavy atom. The molecule has 0 aromatic rings. The molecule has 0 bridgehead atoms. The molecule has 12 heavy (non-hydrogen) atoms. The zero-order valence-electron chi connectivity index (χ0n) is 6.86. The maximum Gasteiger partial charge on any atom is 0.508 e. The first kappa shape index (κ1) is 8.84. The van der Waals surface area contributed by atoms with E-state index in [0.29, 0.717) is 13.2 Å². The van der Waals surface area contributed by atoms with Crippen LogP contribution in [0.2, 0.25) is 0 Å². The van der Waals surface area contributed by atoms with Crippen molar-refractivity contribution in [2.24, 2.45) is 0 Å². The van der Waals surface area contributed by atoms with Crippen LogP contribution < -0.4 is 0 Å². The maximum atomic E-state index is 10.7. The summed E-state index contributed by atoms with van der Waals surface area (Å²) < 4.78 is 9.38. The molecule has 3 nitrogen and oxygen atoms in total. The first-order valence-electron chi connectivity index (χ1n) is 3.99. The van der Waals surface area contributed by atoms with Gasteiger partial charge in [0.2, 0.25) is 0 Å². The van der Waals surface area contributed by atoms with Crippen LogP contribution >= 0.6 is 0 Å². The van der Waals surface area contributed by atoms with Crippen molar-refractivity contribution in [3.05, 3.63) is 24.3 Å². The van der Waals surface area contributed by atoms with E-state index < -0.39 is 6.16 Å². The van der Waals surface area contributed by atoms with E-state index in [4.69, 9.17) is 9.47 Å². The van der Waals surface area contributed by atoms with Gasteiger partial charge in [-0.15, -0.1) is 0 Å². The van der Waals surface area contributed by atoms with Gasteiger partial charge in [0.15, 0.2) is 0 Å². The van der Waals surface area contributed by atoms with Crippen molar-refractivity contribution >= 4 is 6.16 Å². The number of rotatable bonds is 0. The number of hydrogen-bond donors (Lipinski definition) is 0. The topological polar surface area (TPSA) is 35.5 Å². The van der Waals surface area contributed by atoms with E-state index >= 15 is 0 Å². The molecule has 66 valence electrons. The Balaban J connectivity index is 2.37. The van der Waals surface area contributed by atoms with Gasteiger partial charge in [0.05, 0.1) is 0 Å². The number of hydrogen-bond acceptors (Lipinski definition) is 3. The molecule has 0 saturated carbocycles. The molecule has 0 saturated heterocycles. The van der Waals surface area contributed by atoms with Crippen molar-refractivity contribution in [3.63, 3.8) is 0 Å². The molecule has 0 N–H and O–H groups in total. The predicted molar refractivity (Wildman–Crippen MR) is 44.8 cm³/mol. The summed E-state index contributed by atoms with van der Waals surface area (Å²) in [5.41, 5.74) is 0. The smallest absolute Gasteiger partial charge is 0.430 e. The van der Waals surface area contributed by atoms with E-state index in [-0.39, 0.29) is 0 Å². The lowest BCUT2D eigenvalue weighted by atomic mass is 10.3. The summed E-state index contributed by atoms with van der Waals surface area (Å²) in [4.78, 5) is 10.7. The van der Waals surface area contributed by atoms with Crippen LogP contribution in [-0.2, 0) is 9.47 Å². The van der Waals surface area contributed by atoms with E-state index in [0.717, 1.165) is 12.8 Å². The number of ether oxygens (including phenoxy) is 2. The summed E-state index contributed by atoms with van der Waals surface area (Å²) in [5.74, 6) is 0. The minimum absolute atomic E-state index is 0.304. The molecule has 1 rings (SSSR count). The molecule has 1 aliphatic rings. The third-order valence-electron chi connectivity index (χ3n) is 1.43. The molecule has 0 aliphatic carbocycles. The van der Waals surface area contributed by atoms with Crippen LogP contribution in [0.3, 0.4) is 0 Å². The second kappa shape index (κ2) is 5.41. The third-order valence-corrected chi connectivity index (χ3v) is 1.43. The summed E-state index contributed by atoms with van der Waals surface area (Å²) in [7, 11) is 0. The zero-order chi connectivity index (χ0) is 8.65. The largest absolute Gasteiger partial charge is 0.508 e. The Morgan fingerprint density at radius 2 is 1.42 bits per heavy atom. The van der Waals surface area contributed by atoms with Gasteiger partial charge >= 0.3 is 6.16 Å². The van der Waals surface area contributed by atoms with Gasteiger partial charge in [0, 0.05) is 0 Å².